The lowest BCUT2D eigenvalue weighted by molar-refractivity contribution is 0.307. The Morgan fingerprint density at radius 2 is 2.00 bits per heavy atom. The van der Waals surface area contributed by atoms with Crippen LogP contribution in [0.5, 0.6) is 5.75 Å². The van der Waals surface area contributed by atoms with Gasteiger partial charge in [0.2, 0.25) is 0 Å². The summed E-state index contributed by atoms with van der Waals surface area (Å²) in [6, 6.07) is 10.4. The molecule has 0 amide bonds. The molecule has 0 aliphatic rings. The highest BCUT2D eigenvalue weighted by Gasteiger charge is 2.05. The Hall–Kier alpha value is -0.360. The van der Waals surface area contributed by atoms with Gasteiger partial charge in [0, 0.05) is 11.4 Å². The molecule has 0 aliphatic heterocycles. The third-order valence-corrected chi connectivity index (χ3v) is 5.09. The predicted octanol–water partition coefficient (Wildman–Crippen LogP) is 5.60. The third kappa shape index (κ3) is 5.74. The van der Waals surface area contributed by atoms with Gasteiger partial charge in [-0.15, -0.1) is 11.3 Å². The molecule has 0 unspecified atom stereocenters. The van der Waals surface area contributed by atoms with Crippen molar-refractivity contribution in [1.82, 2.24) is 5.32 Å². The van der Waals surface area contributed by atoms with Gasteiger partial charge in [0.15, 0.2) is 0 Å². The van der Waals surface area contributed by atoms with Crippen LogP contribution in [-0.4, -0.2) is 6.54 Å². The largest absolute Gasteiger partial charge is 0.487 e. The van der Waals surface area contributed by atoms with Gasteiger partial charge in [-0.2, -0.15) is 0 Å². The molecule has 0 saturated heterocycles. The van der Waals surface area contributed by atoms with Crippen molar-refractivity contribution >= 4 is 43.2 Å². The maximum Gasteiger partial charge on any atom is 0.134 e. The van der Waals surface area contributed by atoms with Gasteiger partial charge < -0.3 is 10.1 Å². The van der Waals surface area contributed by atoms with E-state index in [-0.39, 0.29) is 0 Å². The van der Waals surface area contributed by atoms with Crippen LogP contribution in [0.1, 0.15) is 24.3 Å². The summed E-state index contributed by atoms with van der Waals surface area (Å²) < 4.78 is 7.99. The van der Waals surface area contributed by atoms with E-state index in [9.17, 15) is 0 Å². The van der Waals surface area contributed by atoms with E-state index in [1.807, 2.05) is 12.1 Å². The van der Waals surface area contributed by atoms with Gasteiger partial charge in [-0.1, -0.05) is 19.9 Å². The number of ether oxygens (including phenoxy) is 1. The number of halogens is 2. The molecule has 1 aromatic carbocycles. The zero-order valence-electron chi connectivity index (χ0n) is 12.2. The minimum atomic E-state index is 0.597. The molecule has 1 heterocycles. The normalized spacial score (nSPS) is 11.1. The van der Waals surface area contributed by atoms with Crippen molar-refractivity contribution in [3.8, 4) is 5.75 Å². The summed E-state index contributed by atoms with van der Waals surface area (Å²) in [6.07, 6.45) is 0. The van der Waals surface area contributed by atoms with Gasteiger partial charge in [-0.25, -0.2) is 0 Å². The molecule has 2 rings (SSSR count). The Balaban J connectivity index is 1.89. The maximum absolute atomic E-state index is 5.86. The number of hydrogen-bond donors (Lipinski definition) is 1. The zero-order chi connectivity index (χ0) is 15.2. The number of hydrogen-bond acceptors (Lipinski definition) is 3. The van der Waals surface area contributed by atoms with Gasteiger partial charge in [-0.05, 0) is 74.2 Å². The smallest absolute Gasteiger partial charge is 0.134 e. The minimum Gasteiger partial charge on any atom is -0.487 e. The van der Waals surface area contributed by atoms with Crippen LogP contribution in [0.25, 0.3) is 0 Å². The number of rotatable bonds is 7. The van der Waals surface area contributed by atoms with Crippen molar-refractivity contribution in [3.05, 3.63) is 49.0 Å². The Kier molecular flexibility index (Phi) is 6.74. The van der Waals surface area contributed by atoms with Crippen molar-refractivity contribution in [2.75, 3.05) is 6.54 Å². The average Bonchev–Trinajstić information content (AvgIpc) is 2.83. The molecule has 1 aromatic heterocycles. The van der Waals surface area contributed by atoms with Gasteiger partial charge in [0.25, 0.3) is 0 Å². The van der Waals surface area contributed by atoms with Crippen molar-refractivity contribution in [1.29, 1.82) is 0 Å². The van der Waals surface area contributed by atoms with E-state index in [0.717, 1.165) is 27.1 Å². The summed E-state index contributed by atoms with van der Waals surface area (Å²) in [5.41, 5.74) is 1.26. The van der Waals surface area contributed by atoms with Crippen molar-refractivity contribution < 1.29 is 4.74 Å². The number of thiophene rings is 1. The van der Waals surface area contributed by atoms with Crippen molar-refractivity contribution in [2.45, 2.75) is 27.0 Å². The number of benzene rings is 1. The molecule has 114 valence electrons. The van der Waals surface area contributed by atoms with E-state index in [1.54, 1.807) is 11.3 Å². The molecule has 1 N–H and O–H groups in total. The van der Waals surface area contributed by atoms with Gasteiger partial charge in [0.1, 0.15) is 12.4 Å². The molecule has 0 aliphatic carbocycles. The molecule has 0 atom stereocenters. The van der Waals surface area contributed by atoms with E-state index < -0.39 is 0 Å². The second kappa shape index (κ2) is 8.32. The molecule has 5 heteroatoms. The molecule has 0 saturated carbocycles. The van der Waals surface area contributed by atoms with Gasteiger partial charge >= 0.3 is 0 Å². The van der Waals surface area contributed by atoms with E-state index >= 15 is 0 Å². The second-order valence-electron chi connectivity index (χ2n) is 5.28. The predicted molar refractivity (Wildman–Crippen MR) is 97.0 cm³/mol. The van der Waals surface area contributed by atoms with Crippen LogP contribution in [-0.2, 0) is 13.2 Å². The second-order valence-corrected chi connectivity index (χ2v) is 8.69. The fourth-order valence-electron chi connectivity index (χ4n) is 1.85. The number of nitrogens with one attached hydrogen (secondary N) is 1. The first-order chi connectivity index (χ1) is 10.0. The summed E-state index contributed by atoms with van der Waals surface area (Å²) in [6.45, 7) is 6.93. The van der Waals surface area contributed by atoms with E-state index in [4.69, 9.17) is 4.74 Å². The van der Waals surface area contributed by atoms with Crippen LogP contribution >= 0.6 is 43.2 Å². The molecular weight excluding hydrogens is 414 g/mol. The first-order valence-corrected chi connectivity index (χ1v) is 9.31. The average molecular weight is 433 g/mol. The molecule has 2 nitrogen and oxygen atoms in total. The Morgan fingerprint density at radius 1 is 1.19 bits per heavy atom. The Labute approximate surface area is 147 Å². The quantitative estimate of drug-likeness (QED) is 0.614. The first kappa shape index (κ1) is 17.0. The van der Waals surface area contributed by atoms with Gasteiger partial charge in [-0.3, -0.25) is 0 Å². The lowest BCUT2D eigenvalue weighted by Gasteiger charge is -2.11. The summed E-state index contributed by atoms with van der Waals surface area (Å²) >= 11 is 8.75. The monoisotopic (exact) mass is 431 g/mol. The summed E-state index contributed by atoms with van der Waals surface area (Å²) in [5, 5.41) is 3.44. The van der Waals surface area contributed by atoms with Crippen LogP contribution in [0.4, 0.5) is 0 Å². The van der Waals surface area contributed by atoms with Crippen LogP contribution in [0.2, 0.25) is 0 Å². The van der Waals surface area contributed by atoms with E-state index in [1.165, 1.54) is 10.4 Å². The topological polar surface area (TPSA) is 21.3 Å². The van der Waals surface area contributed by atoms with Crippen molar-refractivity contribution in [2.24, 2.45) is 5.92 Å². The first-order valence-electron chi connectivity index (χ1n) is 6.90. The minimum absolute atomic E-state index is 0.597. The van der Waals surface area contributed by atoms with Gasteiger partial charge in [0.05, 0.1) is 8.26 Å². The fraction of sp³-hybridized carbons (Fsp3) is 0.375. The maximum atomic E-state index is 5.86. The standard InChI is InChI=1S/C16H19Br2NOS/c1-11(2)8-19-9-12-3-5-15(14(17)7-12)20-10-13-4-6-16(18)21-13/h3-7,11,19H,8-10H2,1-2H3. The van der Waals surface area contributed by atoms with Crippen LogP contribution < -0.4 is 10.1 Å². The molecule has 0 bridgehead atoms. The Morgan fingerprint density at radius 3 is 2.62 bits per heavy atom. The van der Waals surface area contributed by atoms with E-state index in [2.05, 4.69) is 69.2 Å². The molecule has 0 radical (unpaired) electrons. The molecule has 0 fully saturated rings. The fourth-order valence-corrected chi connectivity index (χ4v) is 3.79. The van der Waals surface area contributed by atoms with Crippen LogP contribution in [0.15, 0.2) is 38.6 Å². The lowest BCUT2D eigenvalue weighted by atomic mass is 10.2. The summed E-state index contributed by atoms with van der Waals surface area (Å²) in [7, 11) is 0. The lowest BCUT2D eigenvalue weighted by Crippen LogP contribution is -2.18. The highest BCUT2D eigenvalue weighted by molar-refractivity contribution is 9.11. The highest BCUT2D eigenvalue weighted by atomic mass is 79.9. The summed E-state index contributed by atoms with van der Waals surface area (Å²) in [5.74, 6) is 1.55. The molecular formula is C16H19Br2NOS. The third-order valence-electron chi connectivity index (χ3n) is 2.88. The zero-order valence-corrected chi connectivity index (χ0v) is 16.1. The Bertz CT molecular complexity index is 583. The van der Waals surface area contributed by atoms with Crippen LogP contribution in [0.3, 0.4) is 0 Å². The van der Waals surface area contributed by atoms with E-state index in [0.29, 0.717) is 12.5 Å². The SMILES string of the molecule is CC(C)CNCc1ccc(OCc2ccc(Br)s2)c(Br)c1. The molecule has 21 heavy (non-hydrogen) atoms. The van der Waals surface area contributed by atoms with Crippen molar-refractivity contribution in [3.63, 3.8) is 0 Å². The highest BCUT2D eigenvalue weighted by Crippen LogP contribution is 2.28. The van der Waals surface area contributed by atoms with Crippen LogP contribution in [0, 0.1) is 5.92 Å². The molecule has 2 aromatic rings. The summed E-state index contributed by atoms with van der Waals surface area (Å²) in [4.78, 5) is 1.21. The molecule has 0 spiro atoms.